The van der Waals surface area contributed by atoms with Crippen LogP contribution in [0.15, 0.2) is 66.0 Å². The van der Waals surface area contributed by atoms with Crippen molar-refractivity contribution in [3.63, 3.8) is 0 Å². The molecule has 0 saturated carbocycles. The second-order valence-corrected chi connectivity index (χ2v) is 6.09. The van der Waals surface area contributed by atoms with E-state index in [1.54, 1.807) is 30.4 Å². The first-order chi connectivity index (χ1) is 13.1. The van der Waals surface area contributed by atoms with Gasteiger partial charge >= 0.3 is 0 Å². The zero-order valence-corrected chi connectivity index (χ0v) is 14.7. The molecule has 2 heterocycles. The van der Waals surface area contributed by atoms with Gasteiger partial charge in [-0.05, 0) is 35.4 Å². The molecule has 0 radical (unpaired) electrons. The topological polar surface area (TPSA) is 95.9 Å². The van der Waals surface area contributed by atoms with E-state index >= 15 is 0 Å². The maximum absolute atomic E-state index is 13.0. The van der Waals surface area contributed by atoms with Crippen molar-refractivity contribution in [3.05, 3.63) is 77.1 Å². The Labute approximate surface area is 155 Å². The lowest BCUT2D eigenvalue weighted by Gasteiger charge is -2.09. The van der Waals surface area contributed by atoms with Gasteiger partial charge in [0, 0.05) is 18.0 Å². The van der Waals surface area contributed by atoms with Crippen molar-refractivity contribution in [1.29, 1.82) is 0 Å². The molecule has 0 fully saturated rings. The minimum absolute atomic E-state index is 0.110. The fourth-order valence-electron chi connectivity index (χ4n) is 2.91. The van der Waals surface area contributed by atoms with E-state index in [0.29, 0.717) is 17.4 Å². The van der Waals surface area contributed by atoms with E-state index in [4.69, 9.17) is 10.5 Å². The summed E-state index contributed by atoms with van der Waals surface area (Å²) in [6, 6.07) is 13.1. The Balaban J connectivity index is 1.75. The predicted molar refractivity (Wildman–Crippen MR) is 104 cm³/mol. The number of rotatable bonds is 4. The van der Waals surface area contributed by atoms with Crippen LogP contribution < -0.4 is 16.0 Å². The molecule has 0 aliphatic heterocycles. The van der Waals surface area contributed by atoms with Crippen LogP contribution in [0, 0.1) is 0 Å². The highest BCUT2D eigenvalue weighted by Gasteiger charge is 2.08. The monoisotopic (exact) mass is 359 g/mol. The molecule has 27 heavy (non-hydrogen) atoms. The molecule has 2 aromatic carbocycles. The summed E-state index contributed by atoms with van der Waals surface area (Å²) in [6.45, 7) is 0.411. The summed E-state index contributed by atoms with van der Waals surface area (Å²) in [6.07, 6.45) is 4.83. The van der Waals surface area contributed by atoms with Crippen LogP contribution in [0.4, 0.5) is 5.95 Å². The lowest BCUT2D eigenvalue weighted by molar-refractivity contribution is 0.414. The number of nitrogen functional groups attached to an aromatic ring is 1. The Bertz CT molecular complexity index is 1170. The standard InChI is InChI=1S/C20H17N5O2/c1-27-16-4-2-3-13(7-16)11-25-12-24-18-6-5-14(8-17(18)19(25)26)15-9-22-20(21)23-10-15/h2-10,12H,11H2,1H3,(H2,21,22,23). The van der Waals surface area contributed by atoms with Crippen molar-refractivity contribution >= 4 is 16.9 Å². The van der Waals surface area contributed by atoms with Gasteiger partial charge in [0.05, 0.1) is 30.9 Å². The van der Waals surface area contributed by atoms with Gasteiger partial charge in [-0.3, -0.25) is 9.36 Å². The third-order valence-electron chi connectivity index (χ3n) is 4.32. The van der Waals surface area contributed by atoms with Crippen molar-refractivity contribution in [1.82, 2.24) is 19.5 Å². The van der Waals surface area contributed by atoms with Gasteiger partial charge in [-0.15, -0.1) is 0 Å². The van der Waals surface area contributed by atoms with Gasteiger partial charge < -0.3 is 10.5 Å². The van der Waals surface area contributed by atoms with Crippen molar-refractivity contribution in [3.8, 4) is 16.9 Å². The predicted octanol–water partition coefficient (Wildman–Crippen LogP) is 2.49. The fourth-order valence-corrected chi connectivity index (χ4v) is 2.91. The Hall–Kier alpha value is -3.74. The maximum Gasteiger partial charge on any atom is 0.261 e. The van der Waals surface area contributed by atoms with E-state index < -0.39 is 0 Å². The first kappa shape index (κ1) is 16.7. The number of hydrogen-bond acceptors (Lipinski definition) is 6. The van der Waals surface area contributed by atoms with Crippen LogP contribution >= 0.6 is 0 Å². The molecule has 7 heteroatoms. The van der Waals surface area contributed by atoms with Crippen LogP contribution in [0.25, 0.3) is 22.0 Å². The lowest BCUT2D eigenvalue weighted by atomic mass is 10.1. The van der Waals surface area contributed by atoms with Crippen LogP contribution in [-0.4, -0.2) is 26.6 Å². The summed E-state index contributed by atoms with van der Waals surface area (Å²) >= 11 is 0. The molecular formula is C20H17N5O2. The number of fused-ring (bicyclic) bond motifs is 1. The number of benzene rings is 2. The highest BCUT2D eigenvalue weighted by atomic mass is 16.5. The molecule has 4 rings (SSSR count). The van der Waals surface area contributed by atoms with Gasteiger partial charge in [0.25, 0.3) is 5.56 Å². The number of hydrogen-bond donors (Lipinski definition) is 1. The lowest BCUT2D eigenvalue weighted by Crippen LogP contribution is -2.21. The molecule has 2 N–H and O–H groups in total. The average molecular weight is 359 g/mol. The minimum atomic E-state index is -0.110. The molecule has 0 atom stereocenters. The summed E-state index contributed by atoms with van der Waals surface area (Å²) < 4.78 is 6.83. The van der Waals surface area contributed by atoms with E-state index in [1.807, 2.05) is 42.5 Å². The van der Waals surface area contributed by atoms with Gasteiger partial charge in [-0.2, -0.15) is 0 Å². The summed E-state index contributed by atoms with van der Waals surface area (Å²) in [5.41, 5.74) is 8.65. The molecular weight excluding hydrogens is 342 g/mol. The van der Waals surface area contributed by atoms with Gasteiger partial charge in [0.2, 0.25) is 5.95 Å². The molecule has 0 aliphatic carbocycles. The van der Waals surface area contributed by atoms with Gasteiger partial charge in [0.1, 0.15) is 5.75 Å². The largest absolute Gasteiger partial charge is 0.497 e. The molecule has 0 aliphatic rings. The minimum Gasteiger partial charge on any atom is -0.497 e. The summed E-state index contributed by atoms with van der Waals surface area (Å²) in [5, 5.41) is 0.537. The van der Waals surface area contributed by atoms with E-state index in [9.17, 15) is 4.79 Å². The second kappa shape index (κ2) is 6.87. The van der Waals surface area contributed by atoms with Crippen molar-refractivity contribution in [2.24, 2.45) is 0 Å². The number of anilines is 1. The summed E-state index contributed by atoms with van der Waals surface area (Å²) in [4.78, 5) is 25.4. The summed E-state index contributed by atoms with van der Waals surface area (Å²) in [7, 11) is 1.62. The van der Waals surface area contributed by atoms with Crippen LogP contribution in [0.1, 0.15) is 5.56 Å². The molecule has 7 nitrogen and oxygen atoms in total. The fraction of sp³-hybridized carbons (Fsp3) is 0.100. The molecule has 4 aromatic rings. The van der Waals surface area contributed by atoms with Gasteiger partial charge in [-0.1, -0.05) is 18.2 Å². The smallest absolute Gasteiger partial charge is 0.261 e. The normalized spacial score (nSPS) is 10.9. The van der Waals surface area contributed by atoms with E-state index in [0.717, 1.165) is 22.4 Å². The average Bonchev–Trinajstić information content (AvgIpc) is 2.71. The second-order valence-electron chi connectivity index (χ2n) is 6.09. The van der Waals surface area contributed by atoms with Crippen molar-refractivity contribution in [2.75, 3.05) is 12.8 Å². The van der Waals surface area contributed by atoms with Crippen molar-refractivity contribution in [2.45, 2.75) is 6.54 Å². The molecule has 0 spiro atoms. The van der Waals surface area contributed by atoms with Gasteiger partial charge in [0.15, 0.2) is 0 Å². The number of nitrogens with two attached hydrogens (primary N) is 1. The van der Waals surface area contributed by atoms with Crippen LogP contribution in [0.3, 0.4) is 0 Å². The van der Waals surface area contributed by atoms with Crippen LogP contribution in [0.5, 0.6) is 5.75 Å². The first-order valence-corrected chi connectivity index (χ1v) is 8.34. The van der Waals surface area contributed by atoms with Crippen molar-refractivity contribution < 1.29 is 4.74 Å². The summed E-state index contributed by atoms with van der Waals surface area (Å²) in [5.74, 6) is 0.960. The highest BCUT2D eigenvalue weighted by Crippen LogP contribution is 2.21. The first-order valence-electron chi connectivity index (χ1n) is 8.34. The third-order valence-corrected chi connectivity index (χ3v) is 4.32. The SMILES string of the molecule is COc1cccc(Cn2cnc3ccc(-c4cnc(N)nc4)cc3c2=O)c1. The molecule has 2 aromatic heterocycles. The number of ether oxygens (including phenoxy) is 1. The van der Waals surface area contributed by atoms with Gasteiger partial charge in [-0.25, -0.2) is 15.0 Å². The molecule has 134 valence electrons. The zero-order valence-electron chi connectivity index (χ0n) is 14.7. The molecule has 0 amide bonds. The van der Waals surface area contributed by atoms with Crippen LogP contribution in [0.2, 0.25) is 0 Å². The Morgan fingerprint density at radius 2 is 1.85 bits per heavy atom. The Morgan fingerprint density at radius 3 is 2.63 bits per heavy atom. The maximum atomic E-state index is 13.0. The molecule has 0 bridgehead atoms. The van der Waals surface area contributed by atoms with Crippen LogP contribution in [-0.2, 0) is 6.54 Å². The highest BCUT2D eigenvalue weighted by molar-refractivity contribution is 5.83. The molecule has 0 saturated heterocycles. The number of aromatic nitrogens is 4. The third kappa shape index (κ3) is 3.35. The van der Waals surface area contributed by atoms with E-state index in [-0.39, 0.29) is 11.5 Å². The zero-order chi connectivity index (χ0) is 18.8. The van der Waals surface area contributed by atoms with E-state index in [2.05, 4.69) is 15.0 Å². The molecule has 0 unspecified atom stereocenters. The Kier molecular flexibility index (Phi) is 4.25. The number of methoxy groups -OCH3 is 1. The Morgan fingerprint density at radius 1 is 1.04 bits per heavy atom. The number of nitrogens with zero attached hydrogens (tertiary/aromatic N) is 4. The quantitative estimate of drug-likeness (QED) is 0.601. The van der Waals surface area contributed by atoms with E-state index in [1.165, 1.54) is 0 Å².